The van der Waals surface area contributed by atoms with E-state index in [2.05, 4.69) is 5.32 Å². The Morgan fingerprint density at radius 2 is 1.92 bits per heavy atom. The van der Waals surface area contributed by atoms with Crippen molar-refractivity contribution in [1.82, 2.24) is 0 Å². The quantitative estimate of drug-likeness (QED) is 0.771. The number of hydrogen-bond acceptors (Lipinski definition) is 5. The van der Waals surface area contributed by atoms with Crippen LogP contribution in [0.4, 0.5) is 5.00 Å². The van der Waals surface area contributed by atoms with Gasteiger partial charge in [-0.3, -0.25) is 4.79 Å². The zero-order chi connectivity index (χ0) is 18.5. The number of thiophene rings is 1. The van der Waals surface area contributed by atoms with Crippen LogP contribution in [-0.4, -0.2) is 24.6 Å². The molecule has 1 aromatic heterocycles. The molecule has 0 spiro atoms. The molecule has 2 aromatic rings. The Morgan fingerprint density at radius 3 is 2.65 bits per heavy atom. The lowest BCUT2D eigenvalue weighted by molar-refractivity contribution is -0.122. The Morgan fingerprint density at radius 1 is 1.19 bits per heavy atom. The van der Waals surface area contributed by atoms with E-state index in [1.165, 1.54) is 16.2 Å². The molecule has 26 heavy (non-hydrogen) atoms. The molecule has 0 radical (unpaired) electrons. The number of nitrogens with one attached hydrogen (secondary N) is 1. The largest absolute Gasteiger partial charge is 0.481 e. The summed E-state index contributed by atoms with van der Waals surface area (Å²) in [6, 6.07) is 9.20. The number of esters is 1. The van der Waals surface area contributed by atoms with Crippen LogP contribution in [0.2, 0.25) is 0 Å². The van der Waals surface area contributed by atoms with Crippen molar-refractivity contribution in [3.05, 3.63) is 46.3 Å². The fourth-order valence-electron chi connectivity index (χ4n) is 3.04. The smallest absolute Gasteiger partial charge is 0.341 e. The fraction of sp³-hybridized carbons (Fsp3) is 0.400. The summed E-state index contributed by atoms with van der Waals surface area (Å²) in [5, 5.41) is 3.45. The molecule has 5 nitrogen and oxygen atoms in total. The molecule has 0 aliphatic heterocycles. The van der Waals surface area contributed by atoms with E-state index in [1.807, 2.05) is 18.2 Å². The number of rotatable bonds is 6. The maximum atomic E-state index is 12.6. The number of para-hydroxylation sites is 1. The van der Waals surface area contributed by atoms with Crippen molar-refractivity contribution in [2.75, 3.05) is 11.9 Å². The van der Waals surface area contributed by atoms with Crippen LogP contribution < -0.4 is 10.1 Å². The number of hydrogen-bond donors (Lipinski definition) is 1. The summed E-state index contributed by atoms with van der Waals surface area (Å²) in [6.45, 7) is 3.79. The van der Waals surface area contributed by atoms with Crippen molar-refractivity contribution in [2.45, 2.75) is 45.6 Å². The lowest BCUT2D eigenvalue weighted by atomic mass is 9.95. The van der Waals surface area contributed by atoms with E-state index in [9.17, 15) is 9.59 Å². The number of carbonyl (C=O) groups excluding carboxylic acids is 2. The van der Waals surface area contributed by atoms with Crippen LogP contribution in [0.5, 0.6) is 5.75 Å². The lowest BCUT2D eigenvalue weighted by Crippen LogP contribution is -2.30. The van der Waals surface area contributed by atoms with Gasteiger partial charge in [0.05, 0.1) is 12.2 Å². The highest BCUT2D eigenvalue weighted by Crippen LogP contribution is 2.38. The highest BCUT2D eigenvalue weighted by molar-refractivity contribution is 7.17. The molecule has 1 amide bonds. The highest BCUT2D eigenvalue weighted by Gasteiger charge is 2.28. The van der Waals surface area contributed by atoms with Crippen LogP contribution in [0, 0.1) is 0 Å². The van der Waals surface area contributed by atoms with Crippen LogP contribution in [0.15, 0.2) is 30.3 Å². The molecule has 1 aliphatic carbocycles. The average Bonchev–Trinajstić information content (AvgIpc) is 3.00. The summed E-state index contributed by atoms with van der Waals surface area (Å²) < 4.78 is 10.9. The van der Waals surface area contributed by atoms with E-state index >= 15 is 0 Å². The van der Waals surface area contributed by atoms with Gasteiger partial charge in [0.2, 0.25) is 0 Å². The predicted octanol–water partition coefficient (Wildman–Crippen LogP) is 4.21. The second-order valence-electron chi connectivity index (χ2n) is 6.20. The molecular weight excluding hydrogens is 350 g/mol. The van der Waals surface area contributed by atoms with E-state index in [1.54, 1.807) is 26.0 Å². The molecule has 1 N–H and O–H groups in total. The Labute approximate surface area is 157 Å². The minimum absolute atomic E-state index is 0.280. The minimum Gasteiger partial charge on any atom is -0.481 e. The molecule has 0 saturated heterocycles. The van der Waals surface area contributed by atoms with Gasteiger partial charge in [-0.2, -0.15) is 0 Å². The number of aryl methyl sites for hydroxylation is 1. The minimum atomic E-state index is -0.674. The summed E-state index contributed by atoms with van der Waals surface area (Å²) in [5.41, 5.74) is 1.55. The Bertz CT molecular complexity index is 785. The van der Waals surface area contributed by atoms with E-state index in [0.29, 0.717) is 22.9 Å². The molecule has 1 aromatic carbocycles. The van der Waals surface area contributed by atoms with Crippen LogP contribution in [0.25, 0.3) is 0 Å². The van der Waals surface area contributed by atoms with Crippen molar-refractivity contribution in [3.8, 4) is 5.75 Å². The topological polar surface area (TPSA) is 64.6 Å². The maximum absolute atomic E-state index is 12.6. The van der Waals surface area contributed by atoms with Crippen LogP contribution in [-0.2, 0) is 22.4 Å². The van der Waals surface area contributed by atoms with E-state index in [-0.39, 0.29) is 11.9 Å². The second kappa shape index (κ2) is 8.36. The van der Waals surface area contributed by atoms with Crippen LogP contribution in [0.1, 0.15) is 47.5 Å². The predicted molar refractivity (Wildman–Crippen MR) is 102 cm³/mol. The molecule has 0 bridgehead atoms. The van der Waals surface area contributed by atoms with Crippen LogP contribution in [0.3, 0.4) is 0 Å². The summed E-state index contributed by atoms with van der Waals surface area (Å²) in [5.74, 6) is -0.0110. The molecule has 0 saturated carbocycles. The zero-order valence-corrected chi connectivity index (χ0v) is 15.9. The Hall–Kier alpha value is -2.34. The monoisotopic (exact) mass is 373 g/mol. The number of benzene rings is 1. The van der Waals surface area contributed by atoms with Crippen molar-refractivity contribution < 1.29 is 19.1 Å². The van der Waals surface area contributed by atoms with Gasteiger partial charge in [0.15, 0.2) is 6.10 Å². The fourth-order valence-corrected chi connectivity index (χ4v) is 4.32. The maximum Gasteiger partial charge on any atom is 0.341 e. The first-order valence-corrected chi connectivity index (χ1v) is 9.76. The van der Waals surface area contributed by atoms with Gasteiger partial charge in [0.1, 0.15) is 10.8 Å². The van der Waals surface area contributed by atoms with Gasteiger partial charge in [-0.05, 0) is 57.2 Å². The van der Waals surface area contributed by atoms with E-state index in [0.717, 1.165) is 31.2 Å². The third-order valence-electron chi connectivity index (χ3n) is 4.31. The summed E-state index contributed by atoms with van der Waals surface area (Å²) in [4.78, 5) is 26.2. The van der Waals surface area contributed by atoms with Gasteiger partial charge in [-0.15, -0.1) is 11.3 Å². The summed E-state index contributed by atoms with van der Waals surface area (Å²) >= 11 is 1.48. The Kier molecular flexibility index (Phi) is 5.93. The first-order chi connectivity index (χ1) is 12.6. The molecule has 138 valence electrons. The third kappa shape index (κ3) is 4.07. The SMILES string of the molecule is CCOC(=O)c1c(NC(=O)[C@@H](C)Oc2ccccc2)sc2c1CCCC2. The summed E-state index contributed by atoms with van der Waals surface area (Å²) in [7, 11) is 0. The summed E-state index contributed by atoms with van der Waals surface area (Å²) in [6.07, 6.45) is 3.28. The van der Waals surface area contributed by atoms with Crippen molar-refractivity contribution in [2.24, 2.45) is 0 Å². The van der Waals surface area contributed by atoms with Gasteiger partial charge in [-0.1, -0.05) is 18.2 Å². The molecule has 1 aliphatic rings. The second-order valence-corrected chi connectivity index (χ2v) is 7.30. The lowest BCUT2D eigenvalue weighted by Gasteiger charge is -2.15. The molecule has 0 fully saturated rings. The molecule has 0 unspecified atom stereocenters. The standard InChI is InChI=1S/C20H23NO4S/c1-3-24-20(23)17-15-11-7-8-12-16(15)26-19(17)21-18(22)13(2)25-14-9-5-4-6-10-14/h4-6,9-10,13H,3,7-8,11-12H2,1-2H3,(H,21,22)/t13-/m1/s1. The van der Waals surface area contributed by atoms with E-state index in [4.69, 9.17) is 9.47 Å². The number of anilines is 1. The first kappa shape index (κ1) is 18.5. The van der Waals surface area contributed by atoms with E-state index < -0.39 is 6.10 Å². The van der Waals surface area contributed by atoms with Gasteiger partial charge in [0.25, 0.3) is 5.91 Å². The van der Waals surface area contributed by atoms with Gasteiger partial charge in [-0.25, -0.2) is 4.79 Å². The Balaban J connectivity index is 1.79. The molecular formula is C20H23NO4S. The number of carbonyl (C=O) groups is 2. The first-order valence-electron chi connectivity index (χ1n) is 8.94. The number of ether oxygens (including phenoxy) is 2. The molecule has 3 rings (SSSR count). The van der Waals surface area contributed by atoms with Gasteiger partial charge in [0, 0.05) is 4.88 Å². The molecule has 6 heteroatoms. The van der Waals surface area contributed by atoms with Crippen LogP contribution >= 0.6 is 11.3 Å². The van der Waals surface area contributed by atoms with Gasteiger partial charge < -0.3 is 14.8 Å². The molecule has 1 atom stereocenters. The normalized spacial score (nSPS) is 14.2. The van der Waals surface area contributed by atoms with Crippen molar-refractivity contribution >= 4 is 28.2 Å². The van der Waals surface area contributed by atoms with Gasteiger partial charge >= 0.3 is 5.97 Å². The zero-order valence-electron chi connectivity index (χ0n) is 15.0. The van der Waals surface area contributed by atoms with Crippen molar-refractivity contribution in [1.29, 1.82) is 0 Å². The third-order valence-corrected chi connectivity index (χ3v) is 5.52. The average molecular weight is 373 g/mol. The molecule has 1 heterocycles. The number of fused-ring (bicyclic) bond motifs is 1. The number of amides is 1. The van der Waals surface area contributed by atoms with Crippen molar-refractivity contribution in [3.63, 3.8) is 0 Å². The highest BCUT2D eigenvalue weighted by atomic mass is 32.1.